The number of anilines is 1. The predicted molar refractivity (Wildman–Crippen MR) is 97.9 cm³/mol. The number of benzene rings is 1. The van der Waals surface area contributed by atoms with Crippen molar-refractivity contribution in [1.82, 2.24) is 14.7 Å². The van der Waals surface area contributed by atoms with Gasteiger partial charge in [-0.3, -0.25) is 9.69 Å². The summed E-state index contributed by atoms with van der Waals surface area (Å²) in [5, 5.41) is 14.3. The number of nitrogens with zero attached hydrogens (tertiary/aromatic N) is 5. The SMILES string of the molecule is Cc1nn(CN2CCN(c3cccc(Cl)c3)CC2)c(=O)c(C#N)c1C. The Balaban J connectivity index is 1.70. The average molecular weight is 358 g/mol. The highest BCUT2D eigenvalue weighted by Gasteiger charge is 2.19. The zero-order valence-electron chi connectivity index (χ0n) is 14.4. The molecule has 1 aromatic heterocycles. The van der Waals surface area contributed by atoms with Crippen molar-refractivity contribution >= 4 is 17.3 Å². The summed E-state index contributed by atoms with van der Waals surface area (Å²) < 4.78 is 1.40. The Labute approximate surface area is 151 Å². The van der Waals surface area contributed by atoms with Gasteiger partial charge in [-0.25, -0.2) is 4.68 Å². The topological polar surface area (TPSA) is 65.2 Å². The smallest absolute Gasteiger partial charge is 0.286 e. The van der Waals surface area contributed by atoms with Crippen LogP contribution in [0.25, 0.3) is 0 Å². The van der Waals surface area contributed by atoms with Crippen LogP contribution in [0.4, 0.5) is 5.69 Å². The first-order chi connectivity index (χ1) is 12.0. The molecule has 1 fully saturated rings. The van der Waals surface area contributed by atoms with Crippen molar-refractivity contribution in [3.8, 4) is 6.07 Å². The maximum Gasteiger partial charge on any atom is 0.286 e. The highest BCUT2D eigenvalue weighted by Crippen LogP contribution is 2.20. The molecule has 2 aromatic rings. The number of rotatable bonds is 3. The summed E-state index contributed by atoms with van der Waals surface area (Å²) in [5.41, 5.74) is 2.36. The normalized spacial score (nSPS) is 15.2. The molecule has 2 heterocycles. The van der Waals surface area contributed by atoms with E-state index in [0.29, 0.717) is 17.9 Å². The fourth-order valence-electron chi connectivity index (χ4n) is 3.01. The van der Waals surface area contributed by atoms with Gasteiger partial charge in [-0.1, -0.05) is 17.7 Å². The molecule has 6 nitrogen and oxygen atoms in total. The molecule has 0 amide bonds. The Kier molecular flexibility index (Phi) is 5.07. The van der Waals surface area contributed by atoms with Gasteiger partial charge in [0.1, 0.15) is 11.6 Å². The van der Waals surface area contributed by atoms with Crippen molar-refractivity contribution in [2.24, 2.45) is 0 Å². The Morgan fingerprint density at radius 1 is 1.24 bits per heavy atom. The van der Waals surface area contributed by atoms with Gasteiger partial charge in [0.05, 0.1) is 12.4 Å². The van der Waals surface area contributed by atoms with E-state index in [1.165, 1.54) is 4.68 Å². The van der Waals surface area contributed by atoms with Crippen molar-refractivity contribution in [3.63, 3.8) is 0 Å². The Hall–Kier alpha value is -2.36. The van der Waals surface area contributed by atoms with Gasteiger partial charge < -0.3 is 4.90 Å². The average Bonchev–Trinajstić information content (AvgIpc) is 2.61. The molecule has 0 bridgehead atoms. The molecule has 0 aliphatic carbocycles. The number of hydrogen-bond donors (Lipinski definition) is 0. The summed E-state index contributed by atoms with van der Waals surface area (Å²) in [6, 6.07) is 9.84. The van der Waals surface area contributed by atoms with Gasteiger partial charge in [0.2, 0.25) is 0 Å². The molecule has 1 saturated heterocycles. The summed E-state index contributed by atoms with van der Waals surface area (Å²) in [7, 11) is 0. The Morgan fingerprint density at radius 2 is 1.96 bits per heavy atom. The lowest BCUT2D eigenvalue weighted by molar-refractivity contribution is 0.190. The zero-order valence-corrected chi connectivity index (χ0v) is 15.1. The molecule has 25 heavy (non-hydrogen) atoms. The number of halogens is 1. The van der Waals surface area contributed by atoms with Crippen LogP contribution in [0, 0.1) is 25.2 Å². The third-order valence-corrected chi connectivity index (χ3v) is 4.86. The van der Waals surface area contributed by atoms with Crippen LogP contribution >= 0.6 is 11.6 Å². The minimum Gasteiger partial charge on any atom is -0.369 e. The van der Waals surface area contributed by atoms with Crippen molar-refractivity contribution in [3.05, 3.63) is 56.5 Å². The van der Waals surface area contributed by atoms with Gasteiger partial charge in [0, 0.05) is 36.9 Å². The van der Waals surface area contributed by atoms with Crippen LogP contribution in [0.1, 0.15) is 16.8 Å². The Bertz CT molecular complexity index is 878. The highest BCUT2D eigenvalue weighted by molar-refractivity contribution is 6.30. The fourth-order valence-corrected chi connectivity index (χ4v) is 3.19. The lowest BCUT2D eigenvalue weighted by Gasteiger charge is -2.36. The van der Waals surface area contributed by atoms with Crippen LogP contribution in [0.15, 0.2) is 29.1 Å². The first-order valence-electron chi connectivity index (χ1n) is 8.21. The van der Waals surface area contributed by atoms with E-state index in [0.717, 1.165) is 36.9 Å². The van der Waals surface area contributed by atoms with Gasteiger partial charge >= 0.3 is 0 Å². The van der Waals surface area contributed by atoms with Crippen molar-refractivity contribution in [1.29, 1.82) is 5.26 Å². The van der Waals surface area contributed by atoms with E-state index < -0.39 is 0 Å². The van der Waals surface area contributed by atoms with E-state index in [-0.39, 0.29) is 11.1 Å². The summed E-state index contributed by atoms with van der Waals surface area (Å²) in [6.07, 6.45) is 0. The van der Waals surface area contributed by atoms with Gasteiger partial charge in [0.15, 0.2) is 0 Å². The lowest BCUT2D eigenvalue weighted by atomic mass is 10.1. The molecule has 0 radical (unpaired) electrons. The monoisotopic (exact) mass is 357 g/mol. The first kappa shape index (κ1) is 17.5. The number of aryl methyl sites for hydroxylation is 1. The number of nitriles is 1. The zero-order chi connectivity index (χ0) is 18.0. The van der Waals surface area contributed by atoms with E-state index in [2.05, 4.69) is 21.0 Å². The van der Waals surface area contributed by atoms with Gasteiger partial charge in [0.25, 0.3) is 5.56 Å². The summed E-state index contributed by atoms with van der Waals surface area (Å²) in [6.45, 7) is 7.32. The third-order valence-electron chi connectivity index (χ3n) is 4.63. The summed E-state index contributed by atoms with van der Waals surface area (Å²) in [5.74, 6) is 0. The fraction of sp³-hybridized carbons (Fsp3) is 0.389. The number of aromatic nitrogens is 2. The maximum atomic E-state index is 12.4. The molecule has 1 aliphatic rings. The van der Waals surface area contributed by atoms with E-state index >= 15 is 0 Å². The van der Waals surface area contributed by atoms with Crippen molar-refractivity contribution < 1.29 is 0 Å². The molecule has 0 unspecified atom stereocenters. The van der Waals surface area contributed by atoms with Gasteiger partial charge in [-0.15, -0.1) is 0 Å². The second kappa shape index (κ2) is 7.26. The van der Waals surface area contributed by atoms with Crippen LogP contribution in [-0.4, -0.2) is 40.9 Å². The van der Waals surface area contributed by atoms with E-state index in [1.54, 1.807) is 6.92 Å². The van der Waals surface area contributed by atoms with Crippen LogP contribution in [0.2, 0.25) is 5.02 Å². The molecular formula is C18H20ClN5O. The molecule has 1 aliphatic heterocycles. The van der Waals surface area contributed by atoms with Crippen LogP contribution in [0.5, 0.6) is 0 Å². The minimum absolute atomic E-state index is 0.185. The molecule has 0 atom stereocenters. The molecule has 3 rings (SSSR count). The molecule has 0 N–H and O–H groups in total. The van der Waals surface area contributed by atoms with Crippen LogP contribution < -0.4 is 10.5 Å². The van der Waals surface area contributed by atoms with E-state index in [1.807, 2.05) is 31.2 Å². The van der Waals surface area contributed by atoms with E-state index in [4.69, 9.17) is 11.6 Å². The number of piperazine rings is 1. The second-order valence-electron chi connectivity index (χ2n) is 6.23. The lowest BCUT2D eigenvalue weighted by Crippen LogP contribution is -2.48. The molecule has 1 aromatic carbocycles. The molecular weight excluding hydrogens is 338 g/mol. The van der Waals surface area contributed by atoms with E-state index in [9.17, 15) is 10.1 Å². The minimum atomic E-state index is -0.317. The number of hydrogen-bond acceptors (Lipinski definition) is 5. The summed E-state index contributed by atoms with van der Waals surface area (Å²) >= 11 is 6.06. The molecule has 7 heteroatoms. The quantitative estimate of drug-likeness (QED) is 0.842. The Morgan fingerprint density at radius 3 is 2.60 bits per heavy atom. The molecule has 0 spiro atoms. The van der Waals surface area contributed by atoms with Crippen molar-refractivity contribution in [2.75, 3.05) is 31.1 Å². The van der Waals surface area contributed by atoms with Crippen LogP contribution in [0.3, 0.4) is 0 Å². The highest BCUT2D eigenvalue weighted by atomic mass is 35.5. The third kappa shape index (κ3) is 3.68. The second-order valence-corrected chi connectivity index (χ2v) is 6.66. The van der Waals surface area contributed by atoms with Gasteiger partial charge in [-0.2, -0.15) is 10.4 Å². The predicted octanol–water partition coefficient (Wildman–Crippen LogP) is 2.16. The largest absolute Gasteiger partial charge is 0.369 e. The molecule has 130 valence electrons. The maximum absolute atomic E-state index is 12.4. The first-order valence-corrected chi connectivity index (χ1v) is 8.58. The van der Waals surface area contributed by atoms with Crippen LogP contribution in [-0.2, 0) is 6.67 Å². The van der Waals surface area contributed by atoms with Crippen molar-refractivity contribution in [2.45, 2.75) is 20.5 Å². The van der Waals surface area contributed by atoms with Gasteiger partial charge in [-0.05, 0) is 37.6 Å². The summed E-state index contributed by atoms with van der Waals surface area (Å²) in [4.78, 5) is 16.8. The molecule has 0 saturated carbocycles. The standard InChI is InChI=1S/C18H20ClN5O/c1-13-14(2)21-24(18(25)17(13)11-20)12-22-6-8-23(9-7-22)16-5-3-4-15(19)10-16/h3-5,10H,6-9,12H2,1-2H3.